The number of hydrogen-bond donors (Lipinski definition) is 1. The number of hydrogen-bond acceptors (Lipinski definition) is 3. The fraction of sp³-hybridized carbons (Fsp3) is 0.286. The molecule has 100 valence electrons. The van der Waals surface area contributed by atoms with E-state index < -0.39 is 12.5 Å². The third-order valence-electron chi connectivity index (χ3n) is 2.68. The molecule has 0 bridgehead atoms. The van der Waals surface area contributed by atoms with Crippen LogP contribution in [0.2, 0.25) is 0 Å². The molecular weight excluding hydrogens is 248 g/mol. The highest BCUT2D eigenvalue weighted by Crippen LogP contribution is 2.26. The van der Waals surface area contributed by atoms with E-state index in [-0.39, 0.29) is 5.56 Å². The molecule has 0 aliphatic carbocycles. The van der Waals surface area contributed by atoms with Gasteiger partial charge in [-0.05, 0) is 13.0 Å². The maximum atomic E-state index is 13.8. The van der Waals surface area contributed by atoms with Crippen molar-refractivity contribution in [3.05, 3.63) is 59.7 Å². The third kappa shape index (κ3) is 3.79. The zero-order valence-electron chi connectivity index (χ0n) is 10.6. The van der Waals surface area contributed by atoms with Gasteiger partial charge in [0.25, 0.3) is 5.92 Å². The van der Waals surface area contributed by atoms with E-state index in [1.807, 2.05) is 0 Å². The quantitative estimate of drug-likeness (QED) is 0.901. The Morgan fingerprint density at radius 1 is 1.16 bits per heavy atom. The molecule has 2 aromatic rings. The molecule has 1 aromatic carbocycles. The number of nitrogens with zero attached hydrogens (tertiary/aromatic N) is 2. The summed E-state index contributed by atoms with van der Waals surface area (Å²) in [6.45, 7) is 1.65. The summed E-state index contributed by atoms with van der Waals surface area (Å²) in [5.41, 5.74) is 0.720. The zero-order valence-corrected chi connectivity index (χ0v) is 10.6. The highest BCUT2D eigenvalue weighted by atomic mass is 19.3. The van der Waals surface area contributed by atoms with Crippen molar-refractivity contribution in [1.29, 1.82) is 0 Å². The van der Waals surface area contributed by atoms with Gasteiger partial charge >= 0.3 is 0 Å². The average Bonchev–Trinajstić information content (AvgIpc) is 2.40. The van der Waals surface area contributed by atoms with Gasteiger partial charge in [0.1, 0.15) is 5.82 Å². The number of rotatable bonds is 5. The van der Waals surface area contributed by atoms with Crippen molar-refractivity contribution in [2.45, 2.75) is 19.4 Å². The van der Waals surface area contributed by atoms with E-state index in [1.54, 1.807) is 37.4 Å². The van der Waals surface area contributed by atoms with E-state index in [4.69, 9.17) is 0 Å². The Kier molecular flexibility index (Phi) is 4.16. The Bertz CT molecular complexity index is 529. The maximum absolute atomic E-state index is 13.8. The Morgan fingerprint density at radius 3 is 2.58 bits per heavy atom. The molecule has 19 heavy (non-hydrogen) atoms. The summed E-state index contributed by atoms with van der Waals surface area (Å²) in [6, 6.07) is 9.50. The first kappa shape index (κ1) is 13.5. The standard InChI is InChI=1S/C14H15F2N3/c1-11-18-8-7-13(19-11)9-17-10-14(15,16)12-5-3-2-4-6-12/h2-8,17H,9-10H2,1H3. The molecule has 3 nitrogen and oxygen atoms in total. The Balaban J connectivity index is 1.92. The summed E-state index contributed by atoms with van der Waals surface area (Å²) in [4.78, 5) is 8.10. The maximum Gasteiger partial charge on any atom is 0.285 e. The Labute approximate surface area is 110 Å². The number of aryl methyl sites for hydroxylation is 1. The molecule has 0 amide bonds. The third-order valence-corrected chi connectivity index (χ3v) is 2.68. The highest BCUT2D eigenvalue weighted by molar-refractivity contribution is 5.20. The summed E-state index contributed by atoms with van der Waals surface area (Å²) < 4.78 is 27.7. The minimum Gasteiger partial charge on any atom is -0.305 e. The molecule has 0 fully saturated rings. The van der Waals surface area contributed by atoms with Crippen molar-refractivity contribution in [2.75, 3.05) is 6.54 Å². The molecule has 0 unspecified atom stereocenters. The fourth-order valence-electron chi connectivity index (χ4n) is 1.74. The van der Waals surface area contributed by atoms with Crippen molar-refractivity contribution >= 4 is 0 Å². The molecule has 0 atom stereocenters. The topological polar surface area (TPSA) is 37.8 Å². The van der Waals surface area contributed by atoms with Crippen LogP contribution in [-0.4, -0.2) is 16.5 Å². The fourth-order valence-corrected chi connectivity index (χ4v) is 1.74. The minimum atomic E-state index is -2.89. The first-order valence-electron chi connectivity index (χ1n) is 6.00. The summed E-state index contributed by atoms with van der Waals surface area (Å²) in [5, 5.41) is 2.73. The predicted octanol–water partition coefficient (Wildman–Crippen LogP) is 2.67. The number of halogens is 2. The summed E-state index contributed by atoms with van der Waals surface area (Å²) in [7, 11) is 0. The monoisotopic (exact) mass is 263 g/mol. The van der Waals surface area contributed by atoms with E-state index in [1.165, 1.54) is 12.1 Å². The van der Waals surface area contributed by atoms with Crippen LogP contribution >= 0.6 is 0 Å². The second kappa shape index (κ2) is 5.84. The molecule has 0 radical (unpaired) electrons. The van der Waals surface area contributed by atoms with Gasteiger partial charge in [-0.1, -0.05) is 30.3 Å². The van der Waals surface area contributed by atoms with Crippen molar-refractivity contribution in [3.8, 4) is 0 Å². The van der Waals surface area contributed by atoms with Gasteiger partial charge in [0, 0.05) is 18.3 Å². The lowest BCUT2D eigenvalue weighted by molar-refractivity contribution is -0.00350. The normalized spacial score (nSPS) is 11.5. The lowest BCUT2D eigenvalue weighted by atomic mass is 10.1. The molecule has 0 saturated heterocycles. The SMILES string of the molecule is Cc1nccc(CNCC(F)(F)c2ccccc2)n1. The molecule has 0 aliphatic rings. The molecular formula is C14H15F2N3. The van der Waals surface area contributed by atoms with Gasteiger partial charge < -0.3 is 5.32 Å². The van der Waals surface area contributed by atoms with Gasteiger partial charge in [-0.2, -0.15) is 8.78 Å². The van der Waals surface area contributed by atoms with Crippen molar-refractivity contribution in [2.24, 2.45) is 0 Å². The molecule has 1 heterocycles. The van der Waals surface area contributed by atoms with Crippen LogP contribution in [-0.2, 0) is 12.5 Å². The zero-order chi connectivity index (χ0) is 13.7. The van der Waals surface area contributed by atoms with Crippen molar-refractivity contribution in [1.82, 2.24) is 15.3 Å². The first-order chi connectivity index (χ1) is 9.08. The van der Waals surface area contributed by atoms with Crippen LogP contribution in [0.1, 0.15) is 17.1 Å². The van der Waals surface area contributed by atoms with Gasteiger partial charge in [-0.3, -0.25) is 0 Å². The molecule has 0 aliphatic heterocycles. The van der Waals surface area contributed by atoms with Crippen LogP contribution in [0, 0.1) is 6.92 Å². The van der Waals surface area contributed by atoms with Crippen molar-refractivity contribution < 1.29 is 8.78 Å². The van der Waals surface area contributed by atoms with Crippen LogP contribution in [0.15, 0.2) is 42.6 Å². The molecule has 1 N–H and O–H groups in total. The van der Waals surface area contributed by atoms with Crippen molar-refractivity contribution in [3.63, 3.8) is 0 Å². The summed E-state index contributed by atoms with van der Waals surface area (Å²) >= 11 is 0. The molecule has 5 heteroatoms. The van der Waals surface area contributed by atoms with Gasteiger partial charge in [-0.15, -0.1) is 0 Å². The van der Waals surface area contributed by atoms with Gasteiger partial charge in [0.05, 0.1) is 12.2 Å². The van der Waals surface area contributed by atoms with Crippen LogP contribution < -0.4 is 5.32 Å². The van der Waals surface area contributed by atoms with E-state index in [9.17, 15) is 8.78 Å². The summed E-state index contributed by atoms with van der Waals surface area (Å²) in [5.74, 6) is -2.25. The molecule has 0 saturated carbocycles. The lowest BCUT2D eigenvalue weighted by Crippen LogP contribution is -2.30. The first-order valence-corrected chi connectivity index (χ1v) is 6.00. The van der Waals surface area contributed by atoms with Crippen LogP contribution in [0.5, 0.6) is 0 Å². The highest BCUT2D eigenvalue weighted by Gasteiger charge is 2.30. The second-order valence-corrected chi connectivity index (χ2v) is 4.27. The molecule has 1 aromatic heterocycles. The largest absolute Gasteiger partial charge is 0.305 e. The molecule has 0 spiro atoms. The number of alkyl halides is 2. The second-order valence-electron chi connectivity index (χ2n) is 4.27. The number of benzene rings is 1. The summed E-state index contributed by atoms with van der Waals surface area (Å²) in [6.07, 6.45) is 1.62. The van der Waals surface area contributed by atoms with Gasteiger partial charge in [-0.25, -0.2) is 9.97 Å². The smallest absolute Gasteiger partial charge is 0.285 e. The van der Waals surface area contributed by atoms with Crippen LogP contribution in [0.3, 0.4) is 0 Å². The Morgan fingerprint density at radius 2 is 1.89 bits per heavy atom. The predicted molar refractivity (Wildman–Crippen MR) is 68.8 cm³/mol. The Hall–Kier alpha value is -1.88. The van der Waals surface area contributed by atoms with E-state index in [0.29, 0.717) is 18.1 Å². The van der Waals surface area contributed by atoms with Gasteiger partial charge in [0.2, 0.25) is 0 Å². The van der Waals surface area contributed by atoms with Crippen LogP contribution in [0.25, 0.3) is 0 Å². The average molecular weight is 263 g/mol. The lowest BCUT2D eigenvalue weighted by Gasteiger charge is -2.17. The minimum absolute atomic E-state index is 0.0152. The number of nitrogens with one attached hydrogen (secondary N) is 1. The van der Waals surface area contributed by atoms with E-state index in [2.05, 4.69) is 15.3 Å². The molecule has 2 rings (SSSR count). The van der Waals surface area contributed by atoms with Crippen LogP contribution in [0.4, 0.5) is 8.78 Å². The van der Waals surface area contributed by atoms with E-state index >= 15 is 0 Å². The van der Waals surface area contributed by atoms with Gasteiger partial charge in [0.15, 0.2) is 0 Å². The van der Waals surface area contributed by atoms with E-state index in [0.717, 1.165) is 0 Å². The number of aromatic nitrogens is 2.